The minimum atomic E-state index is -4.97. The van der Waals surface area contributed by atoms with Crippen molar-refractivity contribution in [1.82, 2.24) is 0 Å². The molecular weight excluding hydrogens is 268 g/mol. The lowest BCUT2D eigenvalue weighted by molar-refractivity contribution is -0.275. The van der Waals surface area contributed by atoms with Gasteiger partial charge in [-0.05, 0) is 6.07 Å². The fourth-order valence-electron chi connectivity index (χ4n) is 2.05. The van der Waals surface area contributed by atoms with Gasteiger partial charge in [0.2, 0.25) is 0 Å². The van der Waals surface area contributed by atoms with E-state index < -0.39 is 23.5 Å². The number of alkyl halides is 3. The van der Waals surface area contributed by atoms with E-state index in [1.165, 1.54) is 12.1 Å². The molecule has 0 aliphatic carbocycles. The second-order valence-electron chi connectivity index (χ2n) is 4.31. The van der Waals surface area contributed by atoms with Gasteiger partial charge in [0.05, 0.1) is 5.60 Å². The predicted octanol–water partition coefficient (Wildman–Crippen LogP) is 2.72. The Hall–Kier alpha value is -1.34. The molecule has 1 heterocycles. The van der Waals surface area contributed by atoms with E-state index in [1.54, 1.807) is 0 Å². The first-order valence-electron chi connectivity index (χ1n) is 5.67. The Bertz CT molecular complexity index is 453. The van der Waals surface area contributed by atoms with E-state index in [1.807, 2.05) is 0 Å². The zero-order valence-corrected chi connectivity index (χ0v) is 9.84. The summed E-state index contributed by atoms with van der Waals surface area (Å²) in [6.07, 6.45) is -4.73. The molecule has 106 valence electrons. The van der Waals surface area contributed by atoms with Gasteiger partial charge in [-0.15, -0.1) is 13.2 Å². The van der Waals surface area contributed by atoms with Crippen LogP contribution in [0.1, 0.15) is 18.4 Å². The van der Waals surface area contributed by atoms with Crippen LogP contribution in [0.15, 0.2) is 18.2 Å². The average Bonchev–Trinajstić information content (AvgIpc) is 2.31. The van der Waals surface area contributed by atoms with E-state index in [0.29, 0.717) is 0 Å². The average molecular weight is 280 g/mol. The van der Waals surface area contributed by atoms with Crippen LogP contribution in [0, 0.1) is 5.82 Å². The molecule has 0 amide bonds. The van der Waals surface area contributed by atoms with Crippen molar-refractivity contribution in [2.24, 2.45) is 0 Å². The van der Waals surface area contributed by atoms with Gasteiger partial charge < -0.3 is 14.6 Å². The van der Waals surface area contributed by atoms with Crippen molar-refractivity contribution < 1.29 is 32.1 Å². The Morgan fingerprint density at radius 3 is 2.42 bits per heavy atom. The molecule has 1 aromatic rings. The molecule has 0 bridgehead atoms. The Kier molecular flexibility index (Phi) is 3.69. The van der Waals surface area contributed by atoms with Gasteiger partial charge in [-0.3, -0.25) is 0 Å². The van der Waals surface area contributed by atoms with Gasteiger partial charge in [-0.2, -0.15) is 0 Å². The largest absolute Gasteiger partial charge is 0.573 e. The maximum atomic E-state index is 14.0. The highest BCUT2D eigenvalue weighted by atomic mass is 19.4. The second-order valence-corrected chi connectivity index (χ2v) is 4.31. The number of aliphatic hydroxyl groups is 1. The van der Waals surface area contributed by atoms with Crippen molar-refractivity contribution in [1.29, 1.82) is 0 Å². The summed E-state index contributed by atoms with van der Waals surface area (Å²) in [7, 11) is 0. The monoisotopic (exact) mass is 280 g/mol. The zero-order valence-electron chi connectivity index (χ0n) is 9.84. The Labute approximate surface area is 106 Å². The van der Waals surface area contributed by atoms with Gasteiger partial charge >= 0.3 is 6.36 Å². The molecule has 3 nitrogen and oxygen atoms in total. The van der Waals surface area contributed by atoms with E-state index >= 15 is 0 Å². The van der Waals surface area contributed by atoms with Crippen molar-refractivity contribution in [3.05, 3.63) is 29.6 Å². The van der Waals surface area contributed by atoms with E-state index in [2.05, 4.69) is 4.74 Å². The van der Waals surface area contributed by atoms with E-state index in [-0.39, 0.29) is 31.6 Å². The van der Waals surface area contributed by atoms with Gasteiger partial charge in [-0.25, -0.2) is 4.39 Å². The number of halogens is 4. The van der Waals surface area contributed by atoms with Gasteiger partial charge in [0.25, 0.3) is 0 Å². The van der Waals surface area contributed by atoms with Crippen LogP contribution in [0.4, 0.5) is 17.6 Å². The summed E-state index contributed by atoms with van der Waals surface area (Å²) in [5.74, 6) is -2.13. The molecule has 0 atom stereocenters. The molecule has 1 aliphatic rings. The molecule has 1 fully saturated rings. The Balaban J connectivity index is 2.34. The van der Waals surface area contributed by atoms with Gasteiger partial charge in [0.15, 0.2) is 11.6 Å². The molecule has 1 aliphatic heterocycles. The number of hydrogen-bond acceptors (Lipinski definition) is 3. The topological polar surface area (TPSA) is 38.7 Å². The van der Waals surface area contributed by atoms with E-state index in [0.717, 1.165) is 6.07 Å². The number of hydrogen-bond donors (Lipinski definition) is 1. The summed E-state index contributed by atoms with van der Waals surface area (Å²) in [5.41, 5.74) is -1.72. The van der Waals surface area contributed by atoms with Crippen LogP contribution in [0.2, 0.25) is 0 Å². The van der Waals surface area contributed by atoms with Crippen LogP contribution in [0.3, 0.4) is 0 Å². The Morgan fingerprint density at radius 1 is 1.21 bits per heavy atom. The first kappa shape index (κ1) is 14.1. The van der Waals surface area contributed by atoms with Crippen LogP contribution in [-0.4, -0.2) is 24.7 Å². The molecule has 19 heavy (non-hydrogen) atoms. The van der Waals surface area contributed by atoms with Crippen LogP contribution in [0.5, 0.6) is 5.75 Å². The third-order valence-corrected chi connectivity index (χ3v) is 3.01. The van der Waals surface area contributed by atoms with Crippen molar-refractivity contribution in [3.8, 4) is 5.75 Å². The van der Waals surface area contributed by atoms with Gasteiger partial charge in [-0.1, -0.05) is 12.1 Å². The SMILES string of the molecule is OC1(c2cccc(OC(F)(F)F)c2F)CCOCC1. The molecule has 0 unspecified atom stereocenters. The summed E-state index contributed by atoms with van der Waals surface area (Å²) in [6.45, 7) is 0.445. The first-order chi connectivity index (χ1) is 8.82. The fraction of sp³-hybridized carbons (Fsp3) is 0.500. The molecule has 1 saturated heterocycles. The summed E-state index contributed by atoms with van der Waals surface area (Å²) >= 11 is 0. The molecule has 0 radical (unpaired) electrons. The summed E-state index contributed by atoms with van der Waals surface area (Å²) in [5, 5.41) is 10.3. The van der Waals surface area contributed by atoms with Crippen molar-refractivity contribution in [3.63, 3.8) is 0 Å². The maximum Gasteiger partial charge on any atom is 0.573 e. The number of benzene rings is 1. The number of ether oxygens (including phenoxy) is 2. The van der Waals surface area contributed by atoms with Crippen molar-refractivity contribution in [2.45, 2.75) is 24.8 Å². The smallest absolute Gasteiger partial charge is 0.403 e. The summed E-state index contributed by atoms with van der Waals surface area (Å²) < 4.78 is 59.0. The molecular formula is C12H12F4O3. The van der Waals surface area contributed by atoms with Gasteiger partial charge in [0, 0.05) is 31.6 Å². The number of rotatable bonds is 2. The molecule has 0 spiro atoms. The maximum absolute atomic E-state index is 14.0. The summed E-state index contributed by atoms with van der Waals surface area (Å²) in [6, 6.07) is 3.34. The molecule has 2 rings (SSSR count). The third-order valence-electron chi connectivity index (χ3n) is 3.01. The van der Waals surface area contributed by atoms with Gasteiger partial charge in [0.1, 0.15) is 0 Å². The molecule has 1 N–H and O–H groups in total. The van der Waals surface area contributed by atoms with E-state index in [9.17, 15) is 22.7 Å². The van der Waals surface area contributed by atoms with Crippen LogP contribution < -0.4 is 4.74 Å². The zero-order chi connectivity index (χ0) is 14.1. The highest BCUT2D eigenvalue weighted by Gasteiger charge is 2.37. The quantitative estimate of drug-likeness (QED) is 0.847. The lowest BCUT2D eigenvalue weighted by Crippen LogP contribution is -2.34. The Morgan fingerprint density at radius 2 is 1.84 bits per heavy atom. The molecule has 1 aromatic carbocycles. The predicted molar refractivity (Wildman–Crippen MR) is 57.0 cm³/mol. The first-order valence-corrected chi connectivity index (χ1v) is 5.67. The normalized spacial score (nSPS) is 19.2. The lowest BCUT2D eigenvalue weighted by Gasteiger charge is -2.33. The van der Waals surface area contributed by atoms with Crippen molar-refractivity contribution in [2.75, 3.05) is 13.2 Å². The second kappa shape index (κ2) is 4.97. The van der Waals surface area contributed by atoms with Crippen LogP contribution >= 0.6 is 0 Å². The third kappa shape index (κ3) is 3.16. The standard InChI is InChI=1S/C12H12F4O3/c13-10-8(11(17)4-6-18-7-5-11)2-1-3-9(10)19-12(14,15)16/h1-3,17H,4-7H2. The fourth-order valence-corrected chi connectivity index (χ4v) is 2.05. The van der Waals surface area contributed by atoms with E-state index in [4.69, 9.17) is 4.74 Å². The van der Waals surface area contributed by atoms with Crippen LogP contribution in [-0.2, 0) is 10.3 Å². The highest BCUT2D eigenvalue weighted by molar-refractivity contribution is 5.35. The van der Waals surface area contributed by atoms with Crippen LogP contribution in [0.25, 0.3) is 0 Å². The summed E-state index contributed by atoms with van der Waals surface area (Å²) in [4.78, 5) is 0. The van der Waals surface area contributed by atoms with Crippen molar-refractivity contribution >= 4 is 0 Å². The highest BCUT2D eigenvalue weighted by Crippen LogP contribution is 2.37. The molecule has 0 saturated carbocycles. The lowest BCUT2D eigenvalue weighted by atomic mass is 9.86. The molecule has 7 heteroatoms. The minimum Gasteiger partial charge on any atom is -0.403 e. The minimum absolute atomic E-state index is 0.124. The molecule has 0 aromatic heterocycles.